The van der Waals surface area contributed by atoms with Gasteiger partial charge in [-0.2, -0.15) is 4.98 Å². The molecule has 1 N–H and O–H groups in total. The second kappa shape index (κ2) is 6.71. The molecule has 0 bridgehead atoms. The molecule has 2 aromatic heterocycles. The molecular weight excluding hydrogens is 426 g/mol. The van der Waals surface area contributed by atoms with Crippen molar-refractivity contribution in [1.82, 2.24) is 9.71 Å². The average molecular weight is 442 g/mol. The molecule has 1 atom stereocenters. The van der Waals surface area contributed by atoms with Gasteiger partial charge in [0.05, 0.1) is 3.79 Å². The van der Waals surface area contributed by atoms with Gasteiger partial charge < -0.3 is 9.32 Å². The fourth-order valence-corrected chi connectivity index (χ4v) is 6.13. The number of para-hydroxylation sites is 2. The van der Waals surface area contributed by atoms with Gasteiger partial charge in [-0.05, 0) is 53.0 Å². The molecule has 1 aliphatic rings. The van der Waals surface area contributed by atoms with Gasteiger partial charge in [0.25, 0.3) is 6.01 Å². The van der Waals surface area contributed by atoms with Crippen molar-refractivity contribution in [2.75, 3.05) is 18.0 Å². The Bertz CT molecular complexity index is 966. The highest BCUT2D eigenvalue weighted by molar-refractivity contribution is 9.11. The second-order valence-corrected chi connectivity index (χ2v) is 10.3. The number of fused-ring (bicyclic) bond motifs is 1. The number of aromatic nitrogens is 1. The standard InChI is InChI=1S/C16H16BrN3O3S2/c17-14-7-8-15(24-14)25(21,22)18-10-11-4-3-9-20(11)16-19-12-5-1-2-6-13(12)23-16/h1-2,5-8,11,18H,3-4,9-10H2. The molecule has 4 rings (SSSR count). The Morgan fingerprint density at radius 3 is 2.92 bits per heavy atom. The topological polar surface area (TPSA) is 75.4 Å². The summed E-state index contributed by atoms with van der Waals surface area (Å²) in [4.78, 5) is 6.58. The molecule has 132 valence electrons. The molecule has 25 heavy (non-hydrogen) atoms. The molecule has 0 aliphatic carbocycles. The Kier molecular flexibility index (Phi) is 4.57. The van der Waals surface area contributed by atoms with E-state index in [2.05, 4.69) is 25.6 Å². The Morgan fingerprint density at radius 2 is 2.16 bits per heavy atom. The maximum absolute atomic E-state index is 12.4. The van der Waals surface area contributed by atoms with Crippen LogP contribution in [-0.4, -0.2) is 32.5 Å². The third-order valence-electron chi connectivity index (χ3n) is 4.23. The van der Waals surface area contributed by atoms with Gasteiger partial charge >= 0.3 is 0 Å². The van der Waals surface area contributed by atoms with Gasteiger partial charge in [-0.1, -0.05) is 12.1 Å². The van der Waals surface area contributed by atoms with Crippen LogP contribution in [0.25, 0.3) is 11.1 Å². The van der Waals surface area contributed by atoms with Crippen LogP contribution in [0.4, 0.5) is 6.01 Å². The number of halogens is 1. The SMILES string of the molecule is O=S(=O)(NCC1CCCN1c1nc2ccccc2o1)c1ccc(Br)s1. The van der Waals surface area contributed by atoms with E-state index >= 15 is 0 Å². The lowest BCUT2D eigenvalue weighted by molar-refractivity contribution is 0.534. The monoisotopic (exact) mass is 441 g/mol. The van der Waals surface area contributed by atoms with Crippen molar-refractivity contribution in [3.63, 3.8) is 0 Å². The molecule has 1 aliphatic heterocycles. The summed E-state index contributed by atoms with van der Waals surface area (Å²) in [7, 11) is -3.50. The average Bonchev–Trinajstić information content (AvgIpc) is 3.31. The normalized spacial score (nSPS) is 18.3. The predicted molar refractivity (Wildman–Crippen MR) is 102 cm³/mol. The van der Waals surface area contributed by atoms with Crippen LogP contribution in [0.1, 0.15) is 12.8 Å². The van der Waals surface area contributed by atoms with E-state index in [-0.39, 0.29) is 6.04 Å². The van der Waals surface area contributed by atoms with Crippen molar-refractivity contribution in [1.29, 1.82) is 0 Å². The molecule has 0 radical (unpaired) electrons. The van der Waals surface area contributed by atoms with Crippen molar-refractivity contribution in [2.24, 2.45) is 0 Å². The lowest BCUT2D eigenvalue weighted by Crippen LogP contribution is -2.40. The van der Waals surface area contributed by atoms with Gasteiger partial charge in [-0.25, -0.2) is 13.1 Å². The summed E-state index contributed by atoms with van der Waals surface area (Å²) in [5.41, 5.74) is 1.55. The van der Waals surface area contributed by atoms with E-state index in [4.69, 9.17) is 4.42 Å². The Labute approximate surface area is 158 Å². The van der Waals surface area contributed by atoms with Gasteiger partial charge in [-0.15, -0.1) is 11.3 Å². The number of hydrogen-bond donors (Lipinski definition) is 1. The van der Waals surface area contributed by atoms with Crippen molar-refractivity contribution < 1.29 is 12.8 Å². The highest BCUT2D eigenvalue weighted by atomic mass is 79.9. The van der Waals surface area contributed by atoms with Crippen LogP contribution in [0.3, 0.4) is 0 Å². The Morgan fingerprint density at radius 1 is 1.32 bits per heavy atom. The molecule has 9 heteroatoms. The van der Waals surface area contributed by atoms with Gasteiger partial charge in [0.15, 0.2) is 5.58 Å². The Balaban J connectivity index is 1.50. The number of rotatable bonds is 5. The van der Waals surface area contributed by atoms with Crippen LogP contribution in [0.5, 0.6) is 0 Å². The lowest BCUT2D eigenvalue weighted by Gasteiger charge is -2.22. The number of benzene rings is 1. The fourth-order valence-electron chi connectivity index (χ4n) is 3.00. The zero-order valence-corrected chi connectivity index (χ0v) is 16.4. The quantitative estimate of drug-likeness (QED) is 0.654. The number of thiophene rings is 1. The van der Waals surface area contributed by atoms with E-state index in [0.717, 1.165) is 34.3 Å². The first-order chi connectivity index (χ1) is 12.0. The molecule has 0 saturated carbocycles. The van der Waals surface area contributed by atoms with Crippen molar-refractivity contribution in [3.8, 4) is 0 Å². The van der Waals surface area contributed by atoms with E-state index < -0.39 is 10.0 Å². The van der Waals surface area contributed by atoms with Crippen molar-refractivity contribution in [2.45, 2.75) is 23.1 Å². The van der Waals surface area contributed by atoms with Gasteiger partial charge in [0.1, 0.15) is 9.73 Å². The lowest BCUT2D eigenvalue weighted by atomic mass is 10.2. The van der Waals surface area contributed by atoms with Gasteiger partial charge in [-0.3, -0.25) is 0 Å². The van der Waals surface area contributed by atoms with Crippen LogP contribution in [-0.2, 0) is 10.0 Å². The number of nitrogens with one attached hydrogen (secondary N) is 1. The van der Waals surface area contributed by atoms with Crippen LogP contribution in [0, 0.1) is 0 Å². The first kappa shape index (κ1) is 17.0. The smallest absolute Gasteiger partial charge is 0.298 e. The maximum Gasteiger partial charge on any atom is 0.298 e. The predicted octanol–water partition coefficient (Wildman–Crippen LogP) is 3.60. The summed E-state index contributed by atoms with van der Waals surface area (Å²) in [5, 5.41) is 0. The first-order valence-corrected chi connectivity index (χ1v) is 11.0. The molecule has 1 aromatic carbocycles. The first-order valence-electron chi connectivity index (χ1n) is 7.90. The third kappa shape index (κ3) is 3.46. The molecule has 1 unspecified atom stereocenters. The van der Waals surface area contributed by atoms with Crippen LogP contribution < -0.4 is 9.62 Å². The maximum atomic E-state index is 12.4. The third-order valence-corrected chi connectivity index (χ3v) is 7.77. The summed E-state index contributed by atoms with van der Waals surface area (Å²) in [5.74, 6) is 0. The fraction of sp³-hybridized carbons (Fsp3) is 0.312. The van der Waals surface area contributed by atoms with E-state index in [1.54, 1.807) is 12.1 Å². The molecule has 1 fully saturated rings. The summed E-state index contributed by atoms with van der Waals surface area (Å²) < 4.78 is 34.5. The van der Waals surface area contributed by atoms with Gasteiger partial charge in [0, 0.05) is 19.1 Å². The van der Waals surface area contributed by atoms with Crippen LogP contribution >= 0.6 is 27.3 Å². The number of anilines is 1. The second-order valence-electron chi connectivity index (χ2n) is 5.86. The minimum atomic E-state index is -3.50. The zero-order valence-electron chi connectivity index (χ0n) is 13.2. The highest BCUT2D eigenvalue weighted by Crippen LogP contribution is 2.29. The van der Waals surface area contributed by atoms with E-state index in [1.807, 2.05) is 29.2 Å². The minimum Gasteiger partial charge on any atom is -0.423 e. The van der Waals surface area contributed by atoms with E-state index in [1.165, 1.54) is 11.3 Å². The van der Waals surface area contributed by atoms with Crippen molar-refractivity contribution in [3.05, 3.63) is 40.2 Å². The Hall–Kier alpha value is -1.42. The molecule has 6 nitrogen and oxygen atoms in total. The summed E-state index contributed by atoms with van der Waals surface area (Å²) >= 11 is 4.50. The number of nitrogens with zero attached hydrogens (tertiary/aromatic N) is 2. The highest BCUT2D eigenvalue weighted by Gasteiger charge is 2.30. The molecule has 3 aromatic rings. The molecule has 0 spiro atoms. The number of hydrogen-bond acceptors (Lipinski definition) is 6. The van der Waals surface area contributed by atoms with Crippen LogP contribution in [0.2, 0.25) is 0 Å². The number of sulfonamides is 1. The van der Waals surface area contributed by atoms with Gasteiger partial charge in [0.2, 0.25) is 10.0 Å². The van der Waals surface area contributed by atoms with E-state index in [9.17, 15) is 8.42 Å². The zero-order chi connectivity index (χ0) is 17.4. The summed E-state index contributed by atoms with van der Waals surface area (Å²) in [6.45, 7) is 1.14. The molecule has 3 heterocycles. The minimum absolute atomic E-state index is 0.0336. The van der Waals surface area contributed by atoms with E-state index in [0.29, 0.717) is 16.8 Å². The van der Waals surface area contributed by atoms with Crippen LogP contribution in [0.15, 0.2) is 48.8 Å². The molecule has 0 amide bonds. The van der Waals surface area contributed by atoms with Crippen molar-refractivity contribution >= 4 is 54.4 Å². The molecular formula is C16H16BrN3O3S2. The largest absolute Gasteiger partial charge is 0.423 e. The summed E-state index contributed by atoms with van der Waals surface area (Å²) in [6.07, 6.45) is 1.88. The molecule has 1 saturated heterocycles. The summed E-state index contributed by atoms with van der Waals surface area (Å²) in [6, 6.07) is 11.5. The number of oxazole rings is 1.